The maximum absolute atomic E-state index is 7.67. The molecule has 0 spiro atoms. The molecule has 0 rings (SSSR count). The number of hydrogen-bond acceptors (Lipinski definition) is 2. The van der Waals surface area contributed by atoms with E-state index in [1.165, 1.54) is 0 Å². The molecule has 0 saturated carbocycles. The number of nitrogens with zero attached hydrogens (tertiary/aromatic N) is 1. The fraction of sp³-hybridized carbons (Fsp3) is 0.889. The summed E-state index contributed by atoms with van der Waals surface area (Å²) in [5, 5.41) is 7.67. The van der Waals surface area contributed by atoms with Crippen LogP contribution in [0.25, 0.3) is 0 Å². The topological polar surface area (TPSA) is 36.3 Å². The van der Waals surface area contributed by atoms with E-state index in [9.17, 15) is 0 Å². The highest BCUT2D eigenvalue weighted by Gasteiger charge is 2.12. The zero-order valence-electron chi connectivity index (χ0n) is 8.55. The molecule has 0 aromatic rings. The lowest BCUT2D eigenvalue weighted by Gasteiger charge is -2.29. The van der Waals surface area contributed by atoms with Crippen LogP contribution in [-0.4, -0.2) is 37.0 Å². The number of hydrogen-bond donors (Lipinski definition) is 1. The maximum Gasteiger partial charge on any atom is 0.0957 e. The van der Waals surface area contributed by atoms with E-state index in [1.807, 2.05) is 6.92 Å². The Morgan fingerprint density at radius 3 is 2.42 bits per heavy atom. The second-order valence-electron chi connectivity index (χ2n) is 2.89. The van der Waals surface area contributed by atoms with Gasteiger partial charge in [-0.15, -0.1) is 0 Å². The number of rotatable bonds is 5. The van der Waals surface area contributed by atoms with Gasteiger partial charge in [0, 0.05) is 20.1 Å². The van der Waals surface area contributed by atoms with E-state index in [0.29, 0.717) is 18.5 Å². The first-order valence-electron chi connectivity index (χ1n) is 4.50. The van der Waals surface area contributed by atoms with Crippen molar-refractivity contribution in [2.24, 2.45) is 0 Å². The molecule has 0 heterocycles. The summed E-state index contributed by atoms with van der Waals surface area (Å²) in [6.45, 7) is 7.73. The normalized spacial score (nSPS) is 12.7. The molecule has 0 amide bonds. The summed E-state index contributed by atoms with van der Waals surface area (Å²) in [6.07, 6.45) is 0.794. The third kappa shape index (κ3) is 3.22. The number of amidine groups is 1. The molecule has 1 N–H and O–H groups in total. The number of nitrogens with one attached hydrogen (secondary N) is 1. The minimum atomic E-state index is 0.312. The molecule has 12 heavy (non-hydrogen) atoms. The van der Waals surface area contributed by atoms with E-state index in [0.717, 1.165) is 13.0 Å². The SMILES string of the molecule is CCC(=N)N(CC)C(C)COC. The van der Waals surface area contributed by atoms with Gasteiger partial charge in [-0.05, 0) is 13.8 Å². The van der Waals surface area contributed by atoms with Crippen LogP contribution in [0.4, 0.5) is 0 Å². The molecular formula is C9H20N2O. The van der Waals surface area contributed by atoms with Crippen LogP contribution in [0.15, 0.2) is 0 Å². The van der Waals surface area contributed by atoms with Gasteiger partial charge in [-0.1, -0.05) is 6.92 Å². The minimum absolute atomic E-state index is 0.312. The summed E-state index contributed by atoms with van der Waals surface area (Å²) in [7, 11) is 1.69. The molecule has 0 radical (unpaired) electrons. The van der Waals surface area contributed by atoms with Crippen molar-refractivity contribution in [2.75, 3.05) is 20.3 Å². The minimum Gasteiger partial charge on any atom is -0.383 e. The predicted octanol–water partition coefficient (Wildman–Crippen LogP) is 1.73. The van der Waals surface area contributed by atoms with Gasteiger partial charge in [-0.25, -0.2) is 0 Å². The van der Waals surface area contributed by atoms with Crippen LogP contribution in [0.3, 0.4) is 0 Å². The van der Waals surface area contributed by atoms with Gasteiger partial charge in [-0.3, -0.25) is 5.41 Å². The van der Waals surface area contributed by atoms with Crippen LogP contribution in [0.1, 0.15) is 27.2 Å². The van der Waals surface area contributed by atoms with Gasteiger partial charge in [0.1, 0.15) is 0 Å². The molecule has 3 nitrogen and oxygen atoms in total. The lowest BCUT2D eigenvalue weighted by Crippen LogP contribution is -2.40. The third-order valence-corrected chi connectivity index (χ3v) is 1.96. The fourth-order valence-corrected chi connectivity index (χ4v) is 1.30. The highest BCUT2D eigenvalue weighted by atomic mass is 16.5. The molecule has 1 unspecified atom stereocenters. The quantitative estimate of drug-likeness (QED) is 0.506. The van der Waals surface area contributed by atoms with Crippen molar-refractivity contribution in [1.29, 1.82) is 5.41 Å². The number of likely N-dealkylation sites (N-methyl/N-ethyl adjacent to an activating group) is 1. The summed E-state index contributed by atoms with van der Waals surface area (Å²) in [6, 6.07) is 0.312. The number of ether oxygens (including phenoxy) is 1. The Bertz CT molecular complexity index is 136. The van der Waals surface area contributed by atoms with Gasteiger partial charge in [0.05, 0.1) is 18.5 Å². The van der Waals surface area contributed by atoms with E-state index >= 15 is 0 Å². The van der Waals surface area contributed by atoms with Crippen molar-refractivity contribution < 1.29 is 4.74 Å². The first-order chi connectivity index (χ1) is 5.67. The Hall–Kier alpha value is -0.570. The average molecular weight is 172 g/mol. The van der Waals surface area contributed by atoms with Crippen molar-refractivity contribution >= 4 is 5.84 Å². The third-order valence-electron chi connectivity index (χ3n) is 1.96. The summed E-state index contributed by atoms with van der Waals surface area (Å²) in [4.78, 5) is 2.06. The molecule has 0 bridgehead atoms. The smallest absolute Gasteiger partial charge is 0.0957 e. The average Bonchev–Trinajstić information content (AvgIpc) is 2.06. The molecule has 0 aliphatic rings. The lowest BCUT2D eigenvalue weighted by atomic mass is 10.2. The van der Waals surface area contributed by atoms with E-state index in [1.54, 1.807) is 7.11 Å². The van der Waals surface area contributed by atoms with Gasteiger partial charge in [0.15, 0.2) is 0 Å². The fourth-order valence-electron chi connectivity index (χ4n) is 1.30. The van der Waals surface area contributed by atoms with E-state index in [4.69, 9.17) is 10.1 Å². The highest BCUT2D eigenvalue weighted by Crippen LogP contribution is 2.02. The second-order valence-corrected chi connectivity index (χ2v) is 2.89. The Kier molecular flexibility index (Phi) is 5.72. The second kappa shape index (κ2) is 6.00. The Morgan fingerprint density at radius 2 is 2.08 bits per heavy atom. The molecule has 72 valence electrons. The summed E-state index contributed by atoms with van der Waals surface area (Å²) in [5.41, 5.74) is 0. The van der Waals surface area contributed by atoms with Gasteiger partial charge < -0.3 is 9.64 Å². The van der Waals surface area contributed by atoms with Crippen molar-refractivity contribution in [3.63, 3.8) is 0 Å². The highest BCUT2D eigenvalue weighted by molar-refractivity contribution is 5.79. The first-order valence-corrected chi connectivity index (χ1v) is 4.50. The lowest BCUT2D eigenvalue weighted by molar-refractivity contribution is 0.137. The molecule has 0 aromatic heterocycles. The molecular weight excluding hydrogens is 152 g/mol. The van der Waals surface area contributed by atoms with Crippen molar-refractivity contribution in [1.82, 2.24) is 4.90 Å². The van der Waals surface area contributed by atoms with Crippen LogP contribution in [0, 0.1) is 5.41 Å². The predicted molar refractivity (Wildman–Crippen MR) is 51.7 cm³/mol. The summed E-state index contributed by atoms with van der Waals surface area (Å²) >= 11 is 0. The van der Waals surface area contributed by atoms with Gasteiger partial charge in [0.2, 0.25) is 0 Å². The molecule has 0 saturated heterocycles. The molecule has 0 fully saturated rings. The molecule has 0 aliphatic heterocycles. The van der Waals surface area contributed by atoms with E-state index < -0.39 is 0 Å². The Balaban J connectivity index is 4.03. The van der Waals surface area contributed by atoms with Crippen molar-refractivity contribution in [3.05, 3.63) is 0 Å². The van der Waals surface area contributed by atoms with Gasteiger partial charge in [-0.2, -0.15) is 0 Å². The molecule has 0 aliphatic carbocycles. The van der Waals surface area contributed by atoms with E-state index in [2.05, 4.69) is 18.7 Å². The number of methoxy groups -OCH3 is 1. The molecule has 0 aromatic carbocycles. The Labute approximate surface area is 75.2 Å². The van der Waals surface area contributed by atoms with Gasteiger partial charge >= 0.3 is 0 Å². The molecule has 3 heteroatoms. The van der Waals surface area contributed by atoms with Crippen LogP contribution in [0.2, 0.25) is 0 Å². The zero-order chi connectivity index (χ0) is 9.56. The van der Waals surface area contributed by atoms with Crippen LogP contribution >= 0.6 is 0 Å². The summed E-state index contributed by atoms with van der Waals surface area (Å²) in [5.74, 6) is 0.696. The summed E-state index contributed by atoms with van der Waals surface area (Å²) < 4.78 is 5.04. The van der Waals surface area contributed by atoms with Crippen LogP contribution in [0.5, 0.6) is 0 Å². The molecule has 1 atom stereocenters. The van der Waals surface area contributed by atoms with Crippen LogP contribution < -0.4 is 0 Å². The van der Waals surface area contributed by atoms with Crippen molar-refractivity contribution in [2.45, 2.75) is 33.2 Å². The monoisotopic (exact) mass is 172 g/mol. The Morgan fingerprint density at radius 1 is 1.50 bits per heavy atom. The largest absolute Gasteiger partial charge is 0.383 e. The standard InChI is InChI=1S/C9H20N2O/c1-5-9(10)11(6-2)8(3)7-12-4/h8,10H,5-7H2,1-4H3. The maximum atomic E-state index is 7.67. The van der Waals surface area contributed by atoms with Crippen molar-refractivity contribution in [3.8, 4) is 0 Å². The zero-order valence-corrected chi connectivity index (χ0v) is 8.55. The van der Waals surface area contributed by atoms with E-state index in [-0.39, 0.29) is 0 Å². The first kappa shape index (κ1) is 11.4. The van der Waals surface area contributed by atoms with Gasteiger partial charge in [0.25, 0.3) is 0 Å². The van der Waals surface area contributed by atoms with Crippen LogP contribution in [-0.2, 0) is 4.74 Å².